The highest BCUT2D eigenvalue weighted by atomic mass is 79.9. The van der Waals surface area contributed by atoms with Crippen LogP contribution in [0, 0.1) is 21.4 Å². The molecule has 0 aromatic heterocycles. The van der Waals surface area contributed by atoms with Gasteiger partial charge in [-0.2, -0.15) is 5.26 Å². The first-order valence-corrected chi connectivity index (χ1v) is 10.9. The van der Waals surface area contributed by atoms with E-state index >= 15 is 0 Å². The highest BCUT2D eigenvalue weighted by Gasteiger charge is 2.11. The number of nitrogens with one attached hydrogen (secondary N) is 1. The molecule has 0 fully saturated rings. The molecule has 3 rings (SSSR count). The first-order chi connectivity index (χ1) is 15.8. The van der Waals surface area contributed by atoms with E-state index in [1.807, 2.05) is 0 Å². The van der Waals surface area contributed by atoms with Gasteiger partial charge in [-0.15, -0.1) is 0 Å². The Kier molecular flexibility index (Phi) is 8.06. The van der Waals surface area contributed by atoms with E-state index < -0.39 is 10.8 Å². The number of hydrogen-bond acceptors (Lipinski definition) is 5. The van der Waals surface area contributed by atoms with Crippen LogP contribution in [0.15, 0.2) is 65.1 Å². The molecule has 0 aliphatic carbocycles. The van der Waals surface area contributed by atoms with Crippen LogP contribution in [0.3, 0.4) is 0 Å². The molecule has 7 nitrogen and oxygen atoms in total. The molecule has 0 heterocycles. The number of hydrogen-bond donors (Lipinski definition) is 1. The number of nitrogens with zero attached hydrogens (tertiary/aromatic N) is 2. The Morgan fingerprint density at radius 2 is 1.85 bits per heavy atom. The van der Waals surface area contributed by atoms with Crippen LogP contribution in [-0.4, -0.2) is 17.4 Å². The summed E-state index contributed by atoms with van der Waals surface area (Å²) in [5, 5.41) is 23.8. The summed E-state index contributed by atoms with van der Waals surface area (Å²) in [6, 6.07) is 17.6. The number of allylic oxidation sites excluding steroid dienone is 1. The first-order valence-electron chi connectivity index (χ1n) is 9.30. The summed E-state index contributed by atoms with van der Waals surface area (Å²) in [6.07, 6.45) is 1.58. The molecule has 0 spiro atoms. The van der Waals surface area contributed by atoms with Gasteiger partial charge in [-0.1, -0.05) is 39.1 Å². The lowest BCUT2D eigenvalue weighted by atomic mass is 10.0. The van der Waals surface area contributed by atoms with Crippen molar-refractivity contribution in [3.8, 4) is 11.8 Å². The van der Waals surface area contributed by atoms with Crippen molar-refractivity contribution in [2.24, 2.45) is 0 Å². The van der Waals surface area contributed by atoms with Gasteiger partial charge in [0.25, 0.3) is 11.6 Å². The summed E-state index contributed by atoms with van der Waals surface area (Å²) >= 11 is 15.2. The van der Waals surface area contributed by atoms with Gasteiger partial charge in [0.1, 0.15) is 5.75 Å². The quantitative estimate of drug-likeness (QED) is 0.153. The number of halogens is 3. The topological polar surface area (TPSA) is 105 Å². The molecule has 33 heavy (non-hydrogen) atoms. The maximum Gasteiger partial charge on any atom is 0.269 e. The average Bonchev–Trinajstić information content (AvgIpc) is 2.79. The van der Waals surface area contributed by atoms with E-state index in [4.69, 9.17) is 27.9 Å². The van der Waals surface area contributed by atoms with Crippen molar-refractivity contribution in [3.05, 3.63) is 96.4 Å². The zero-order chi connectivity index (χ0) is 24.0. The highest BCUT2D eigenvalue weighted by molar-refractivity contribution is 9.10. The molecule has 3 aromatic carbocycles. The Hall–Kier alpha value is -3.38. The molecule has 1 N–H and O–H groups in total. The van der Waals surface area contributed by atoms with Crippen molar-refractivity contribution in [1.29, 1.82) is 5.26 Å². The summed E-state index contributed by atoms with van der Waals surface area (Å²) in [4.78, 5) is 22.6. The smallest absolute Gasteiger partial charge is 0.269 e. The Balaban J connectivity index is 1.79. The van der Waals surface area contributed by atoms with Crippen molar-refractivity contribution in [1.82, 2.24) is 0 Å². The number of benzene rings is 3. The second kappa shape index (κ2) is 11.0. The number of ether oxygens (including phenoxy) is 1. The third kappa shape index (κ3) is 6.56. The molecule has 0 saturated carbocycles. The Labute approximate surface area is 207 Å². The van der Waals surface area contributed by atoms with E-state index in [0.29, 0.717) is 32.6 Å². The van der Waals surface area contributed by atoms with Crippen LogP contribution in [-0.2, 0) is 4.79 Å². The van der Waals surface area contributed by atoms with E-state index in [-0.39, 0.29) is 17.9 Å². The zero-order valence-corrected chi connectivity index (χ0v) is 19.8. The van der Waals surface area contributed by atoms with E-state index in [9.17, 15) is 20.2 Å². The van der Waals surface area contributed by atoms with Gasteiger partial charge in [0.2, 0.25) is 0 Å². The number of carbonyl (C=O) groups excluding carboxylic acids is 1. The minimum atomic E-state index is -0.511. The molecule has 3 aromatic rings. The number of anilines is 1. The minimum absolute atomic E-state index is 0.0736. The second-order valence-electron chi connectivity index (χ2n) is 6.62. The van der Waals surface area contributed by atoms with Crippen LogP contribution in [0.4, 0.5) is 11.4 Å². The van der Waals surface area contributed by atoms with Crippen molar-refractivity contribution < 1.29 is 14.5 Å². The fraction of sp³-hybridized carbons (Fsp3) is 0.0435. The first kappa shape index (κ1) is 24.3. The van der Waals surface area contributed by atoms with E-state index in [0.717, 1.165) is 4.47 Å². The van der Waals surface area contributed by atoms with Crippen molar-refractivity contribution >= 4 is 68.1 Å². The van der Waals surface area contributed by atoms with Crippen LogP contribution in [0.25, 0.3) is 11.6 Å². The van der Waals surface area contributed by atoms with Gasteiger partial charge in [-0.05, 0) is 60.2 Å². The van der Waals surface area contributed by atoms with Crippen LogP contribution in [0.1, 0.15) is 11.1 Å². The molecular weight excluding hydrogens is 533 g/mol. The predicted molar refractivity (Wildman–Crippen MR) is 131 cm³/mol. The highest BCUT2D eigenvalue weighted by Crippen LogP contribution is 2.29. The van der Waals surface area contributed by atoms with Crippen LogP contribution in [0.2, 0.25) is 10.0 Å². The molecule has 0 aliphatic heterocycles. The molecule has 166 valence electrons. The van der Waals surface area contributed by atoms with Gasteiger partial charge >= 0.3 is 0 Å². The fourth-order valence-electron chi connectivity index (χ4n) is 2.78. The molecule has 10 heteroatoms. The largest absolute Gasteiger partial charge is 0.483 e. The third-order valence-electron chi connectivity index (χ3n) is 4.34. The SMILES string of the molecule is N#C/C(=C\c1cc(Br)ccc1OCC(=O)Nc1ccc(Cl)c(Cl)c1)c1ccc([N+](=O)[O-])cc1. The van der Waals surface area contributed by atoms with Gasteiger partial charge in [0.05, 0.1) is 26.6 Å². The normalized spacial score (nSPS) is 10.9. The average molecular weight is 547 g/mol. The van der Waals surface area contributed by atoms with Crippen molar-refractivity contribution in [2.75, 3.05) is 11.9 Å². The minimum Gasteiger partial charge on any atom is -0.483 e. The molecule has 1 amide bonds. The summed E-state index contributed by atoms with van der Waals surface area (Å²) < 4.78 is 6.42. The summed E-state index contributed by atoms with van der Waals surface area (Å²) in [6.45, 7) is -0.290. The standard InChI is InChI=1S/C23H14BrCl2N3O4/c24-17-3-8-22(33-13-23(30)28-18-4-7-20(25)21(26)11-18)15(10-17)9-16(12-27)14-1-5-19(6-2-14)29(31)32/h1-11H,13H2,(H,28,30)/b16-9+. The number of rotatable bonds is 7. The molecule has 0 unspecified atom stereocenters. The Morgan fingerprint density at radius 1 is 1.12 bits per heavy atom. The number of nitro benzene ring substituents is 1. The van der Waals surface area contributed by atoms with Gasteiger partial charge in [-0.3, -0.25) is 14.9 Å². The van der Waals surface area contributed by atoms with E-state index in [1.54, 1.807) is 36.4 Å². The Morgan fingerprint density at radius 3 is 2.48 bits per heavy atom. The lowest BCUT2D eigenvalue weighted by molar-refractivity contribution is -0.384. The van der Waals surface area contributed by atoms with Gasteiger partial charge in [-0.25, -0.2) is 0 Å². The van der Waals surface area contributed by atoms with Crippen molar-refractivity contribution in [3.63, 3.8) is 0 Å². The van der Waals surface area contributed by atoms with E-state index in [2.05, 4.69) is 27.3 Å². The second-order valence-corrected chi connectivity index (χ2v) is 8.35. The molecule has 0 bridgehead atoms. The molecule has 0 saturated heterocycles. The predicted octanol–water partition coefficient (Wildman–Crippen LogP) is 6.75. The van der Waals surface area contributed by atoms with Gasteiger partial charge in [0, 0.05) is 27.9 Å². The lowest BCUT2D eigenvalue weighted by Crippen LogP contribution is -2.20. The maximum atomic E-state index is 12.3. The molecule has 0 atom stereocenters. The van der Waals surface area contributed by atoms with Crippen LogP contribution in [0.5, 0.6) is 5.75 Å². The molecule has 0 aliphatic rings. The maximum absolute atomic E-state index is 12.3. The zero-order valence-electron chi connectivity index (χ0n) is 16.7. The molecular formula is C23H14BrCl2N3O4. The number of nitro groups is 1. The monoisotopic (exact) mass is 545 g/mol. The van der Waals surface area contributed by atoms with Gasteiger partial charge < -0.3 is 10.1 Å². The fourth-order valence-corrected chi connectivity index (χ4v) is 3.45. The third-order valence-corrected chi connectivity index (χ3v) is 5.58. The number of carbonyl (C=O) groups is 1. The lowest BCUT2D eigenvalue weighted by Gasteiger charge is -2.11. The summed E-state index contributed by atoms with van der Waals surface area (Å²) in [5.74, 6) is -0.0423. The molecule has 0 radical (unpaired) electrons. The van der Waals surface area contributed by atoms with Crippen LogP contribution >= 0.6 is 39.1 Å². The van der Waals surface area contributed by atoms with Gasteiger partial charge in [0.15, 0.2) is 6.61 Å². The summed E-state index contributed by atoms with van der Waals surface area (Å²) in [5.41, 5.74) is 1.72. The Bertz CT molecular complexity index is 1290. The number of amides is 1. The van der Waals surface area contributed by atoms with Crippen molar-refractivity contribution in [2.45, 2.75) is 0 Å². The number of nitriles is 1. The van der Waals surface area contributed by atoms with E-state index in [1.165, 1.54) is 30.3 Å². The summed E-state index contributed by atoms with van der Waals surface area (Å²) in [7, 11) is 0. The number of non-ortho nitro benzene ring substituents is 1. The van der Waals surface area contributed by atoms with Crippen LogP contribution < -0.4 is 10.1 Å².